The standard InChI is InChI=1S/C21H24ClN5O3/c1-11-5-6-15(14(22)8-11)23-19(29)13-9-16(28)24-18-17(13)20(30)26-21(25-18)27-7-3-4-12(2)10-27/h5-6,8,12-13H,3-4,7,9-10H2,1-2H3,(H,23,29)(H2,24,25,26,28,30)/t12-,13-/m0/s1. The number of anilines is 3. The number of halogens is 1. The average Bonchev–Trinajstić information content (AvgIpc) is 2.69. The molecular weight excluding hydrogens is 406 g/mol. The fourth-order valence-corrected chi connectivity index (χ4v) is 4.34. The third-order valence-corrected chi connectivity index (χ3v) is 5.91. The molecule has 2 aliphatic rings. The molecule has 0 unspecified atom stereocenters. The predicted octanol–water partition coefficient (Wildman–Crippen LogP) is 3.03. The lowest BCUT2D eigenvalue weighted by Crippen LogP contribution is -2.40. The zero-order chi connectivity index (χ0) is 21.4. The van der Waals surface area contributed by atoms with Gasteiger partial charge in [0.2, 0.25) is 17.8 Å². The number of amides is 2. The molecule has 1 fully saturated rings. The van der Waals surface area contributed by atoms with Gasteiger partial charge in [0.25, 0.3) is 5.56 Å². The second-order valence-electron chi connectivity index (χ2n) is 8.12. The molecule has 158 valence electrons. The van der Waals surface area contributed by atoms with Crippen LogP contribution in [0.4, 0.5) is 17.5 Å². The molecule has 3 heterocycles. The van der Waals surface area contributed by atoms with Crippen LogP contribution in [0, 0.1) is 12.8 Å². The highest BCUT2D eigenvalue weighted by molar-refractivity contribution is 6.33. The van der Waals surface area contributed by atoms with Gasteiger partial charge in [-0.25, -0.2) is 0 Å². The first-order valence-electron chi connectivity index (χ1n) is 10.1. The van der Waals surface area contributed by atoms with Gasteiger partial charge in [-0.15, -0.1) is 0 Å². The summed E-state index contributed by atoms with van der Waals surface area (Å²) in [5.74, 6) is -0.701. The smallest absolute Gasteiger partial charge is 0.258 e. The third-order valence-electron chi connectivity index (χ3n) is 5.59. The molecule has 2 atom stereocenters. The first kappa shape index (κ1) is 20.4. The summed E-state index contributed by atoms with van der Waals surface area (Å²) in [6.45, 7) is 5.62. The molecule has 2 aliphatic heterocycles. The summed E-state index contributed by atoms with van der Waals surface area (Å²) in [6, 6.07) is 5.25. The minimum absolute atomic E-state index is 0.132. The van der Waals surface area contributed by atoms with Crippen LogP contribution in [-0.2, 0) is 9.59 Å². The summed E-state index contributed by atoms with van der Waals surface area (Å²) >= 11 is 6.21. The number of hydrogen-bond acceptors (Lipinski definition) is 5. The number of aryl methyl sites for hydroxylation is 1. The van der Waals surface area contributed by atoms with Crippen molar-refractivity contribution in [1.82, 2.24) is 9.97 Å². The van der Waals surface area contributed by atoms with E-state index in [9.17, 15) is 14.4 Å². The van der Waals surface area contributed by atoms with E-state index < -0.39 is 17.4 Å². The summed E-state index contributed by atoms with van der Waals surface area (Å²) in [4.78, 5) is 47.4. The second-order valence-corrected chi connectivity index (χ2v) is 8.53. The molecule has 3 N–H and O–H groups in total. The number of nitrogens with one attached hydrogen (secondary N) is 3. The van der Waals surface area contributed by atoms with Crippen molar-refractivity contribution in [3.8, 4) is 0 Å². The first-order valence-corrected chi connectivity index (χ1v) is 10.5. The maximum Gasteiger partial charge on any atom is 0.258 e. The Morgan fingerprint density at radius 2 is 2.13 bits per heavy atom. The molecule has 1 saturated heterocycles. The minimum Gasteiger partial charge on any atom is -0.342 e. The van der Waals surface area contributed by atoms with Gasteiger partial charge >= 0.3 is 0 Å². The van der Waals surface area contributed by atoms with E-state index in [0.29, 0.717) is 22.6 Å². The molecule has 2 amide bonds. The highest BCUT2D eigenvalue weighted by Gasteiger charge is 2.35. The fraction of sp³-hybridized carbons (Fsp3) is 0.429. The van der Waals surface area contributed by atoms with Gasteiger partial charge in [0.15, 0.2) is 0 Å². The zero-order valence-corrected chi connectivity index (χ0v) is 17.7. The summed E-state index contributed by atoms with van der Waals surface area (Å²) in [7, 11) is 0. The highest BCUT2D eigenvalue weighted by atomic mass is 35.5. The Morgan fingerprint density at radius 1 is 1.33 bits per heavy atom. The van der Waals surface area contributed by atoms with Gasteiger partial charge < -0.3 is 15.5 Å². The maximum atomic E-state index is 13.0. The number of carbonyl (C=O) groups excluding carboxylic acids is 2. The van der Waals surface area contributed by atoms with Crippen LogP contribution >= 0.6 is 11.6 Å². The SMILES string of the molecule is Cc1ccc(NC(=O)[C@H]2CC(=O)Nc3nc(N4CCC[C@H](C)C4)[nH]c(=O)c32)c(Cl)c1. The normalized spacial score (nSPS) is 21.0. The number of hydrogen-bond donors (Lipinski definition) is 3. The van der Waals surface area contributed by atoms with E-state index >= 15 is 0 Å². The molecule has 0 radical (unpaired) electrons. The van der Waals surface area contributed by atoms with Gasteiger partial charge in [-0.05, 0) is 43.4 Å². The number of aromatic amines is 1. The van der Waals surface area contributed by atoms with Crippen molar-refractivity contribution in [1.29, 1.82) is 0 Å². The van der Waals surface area contributed by atoms with Gasteiger partial charge in [-0.3, -0.25) is 19.4 Å². The Kier molecular flexibility index (Phi) is 5.51. The van der Waals surface area contributed by atoms with Gasteiger partial charge in [0.05, 0.1) is 22.2 Å². The maximum absolute atomic E-state index is 13.0. The van der Waals surface area contributed by atoms with Crippen LogP contribution < -0.4 is 21.1 Å². The molecule has 1 aromatic carbocycles. The molecule has 8 nitrogen and oxygen atoms in total. The van der Waals surface area contributed by atoms with E-state index in [1.807, 2.05) is 17.9 Å². The Hall–Kier alpha value is -2.87. The van der Waals surface area contributed by atoms with E-state index in [2.05, 4.69) is 27.5 Å². The summed E-state index contributed by atoms with van der Waals surface area (Å²) < 4.78 is 0. The van der Waals surface area contributed by atoms with Crippen LogP contribution in [0.2, 0.25) is 5.02 Å². The monoisotopic (exact) mass is 429 g/mol. The molecule has 1 aromatic heterocycles. The predicted molar refractivity (Wildman–Crippen MR) is 116 cm³/mol. The van der Waals surface area contributed by atoms with E-state index in [1.165, 1.54) is 0 Å². The second kappa shape index (κ2) is 8.10. The fourth-order valence-electron chi connectivity index (χ4n) is 4.06. The third kappa shape index (κ3) is 4.05. The van der Waals surface area contributed by atoms with Crippen LogP contribution in [0.3, 0.4) is 0 Å². The molecule has 4 rings (SSSR count). The van der Waals surface area contributed by atoms with Crippen LogP contribution in [0.25, 0.3) is 0 Å². The molecule has 9 heteroatoms. The number of nitrogens with zero attached hydrogens (tertiary/aromatic N) is 2. The van der Waals surface area contributed by atoms with Crippen LogP contribution in [0.5, 0.6) is 0 Å². The summed E-state index contributed by atoms with van der Waals surface area (Å²) in [5, 5.41) is 5.79. The summed E-state index contributed by atoms with van der Waals surface area (Å²) in [5.41, 5.74) is 1.15. The lowest BCUT2D eigenvalue weighted by Gasteiger charge is -2.32. The molecule has 0 spiro atoms. The lowest BCUT2D eigenvalue weighted by molar-refractivity contribution is -0.123. The Bertz CT molecular complexity index is 1070. The van der Waals surface area contributed by atoms with E-state index in [0.717, 1.165) is 31.5 Å². The average molecular weight is 430 g/mol. The van der Waals surface area contributed by atoms with Crippen molar-refractivity contribution in [2.24, 2.45) is 5.92 Å². The Labute approximate surface area is 179 Å². The van der Waals surface area contributed by atoms with Gasteiger partial charge in [0, 0.05) is 19.5 Å². The molecule has 0 saturated carbocycles. The Balaban J connectivity index is 1.65. The molecular formula is C21H24ClN5O3. The first-order chi connectivity index (χ1) is 14.3. The minimum atomic E-state index is -0.948. The number of benzene rings is 1. The number of fused-ring (bicyclic) bond motifs is 1. The summed E-state index contributed by atoms with van der Waals surface area (Å²) in [6.07, 6.45) is 2.01. The van der Waals surface area contributed by atoms with E-state index in [4.69, 9.17) is 11.6 Å². The van der Waals surface area contributed by atoms with Gasteiger partial charge in [-0.1, -0.05) is 24.6 Å². The van der Waals surface area contributed by atoms with Crippen LogP contribution in [0.15, 0.2) is 23.0 Å². The van der Waals surface area contributed by atoms with Crippen molar-refractivity contribution >= 4 is 40.9 Å². The largest absolute Gasteiger partial charge is 0.342 e. The van der Waals surface area contributed by atoms with Crippen molar-refractivity contribution in [2.45, 2.75) is 39.0 Å². The van der Waals surface area contributed by atoms with Gasteiger partial charge in [-0.2, -0.15) is 4.98 Å². The highest BCUT2D eigenvalue weighted by Crippen LogP contribution is 2.32. The van der Waals surface area contributed by atoms with E-state index in [-0.39, 0.29) is 23.7 Å². The molecule has 2 aromatic rings. The number of carbonyl (C=O) groups is 2. The van der Waals surface area contributed by atoms with Gasteiger partial charge in [0.1, 0.15) is 5.82 Å². The van der Waals surface area contributed by atoms with Crippen LogP contribution in [0.1, 0.15) is 43.2 Å². The lowest BCUT2D eigenvalue weighted by atomic mass is 9.92. The number of aromatic nitrogens is 2. The van der Waals surface area contributed by atoms with Crippen molar-refractivity contribution < 1.29 is 9.59 Å². The van der Waals surface area contributed by atoms with E-state index in [1.54, 1.807) is 12.1 Å². The molecule has 0 aliphatic carbocycles. The van der Waals surface area contributed by atoms with Crippen molar-refractivity contribution in [2.75, 3.05) is 28.6 Å². The number of rotatable bonds is 3. The topological polar surface area (TPSA) is 107 Å². The number of H-pyrrole nitrogens is 1. The van der Waals surface area contributed by atoms with Crippen molar-refractivity contribution in [3.63, 3.8) is 0 Å². The van der Waals surface area contributed by atoms with Crippen LogP contribution in [-0.4, -0.2) is 34.9 Å². The quantitative estimate of drug-likeness (QED) is 0.695. The Morgan fingerprint density at radius 3 is 2.87 bits per heavy atom. The molecule has 30 heavy (non-hydrogen) atoms. The zero-order valence-electron chi connectivity index (χ0n) is 16.9. The number of piperidine rings is 1. The molecule has 0 bridgehead atoms. The van der Waals surface area contributed by atoms with Crippen molar-refractivity contribution in [3.05, 3.63) is 44.7 Å².